The first-order chi connectivity index (χ1) is 21.1. The molecule has 0 saturated heterocycles. The van der Waals surface area contributed by atoms with Crippen LogP contribution in [0.4, 0.5) is 0 Å². The fourth-order valence-electron chi connectivity index (χ4n) is 6.61. The van der Waals surface area contributed by atoms with Gasteiger partial charge in [0.25, 0.3) is 0 Å². The van der Waals surface area contributed by atoms with Crippen LogP contribution in [0.2, 0.25) is 0 Å². The van der Waals surface area contributed by atoms with Crippen LogP contribution in [-0.4, -0.2) is 14.5 Å². The molecule has 5 heterocycles. The Labute approximate surface area is 268 Å². The average molecular weight is 750 g/mol. The molecule has 0 amide bonds. The minimum absolute atomic E-state index is 0. The number of fused-ring (bicyclic) bond motifs is 8. The summed E-state index contributed by atoms with van der Waals surface area (Å²) >= 11 is 0. The van der Waals surface area contributed by atoms with Crippen LogP contribution in [-0.2, 0) is 27.5 Å². The predicted molar refractivity (Wildman–Crippen MR) is 173 cm³/mol. The van der Waals surface area contributed by atoms with Gasteiger partial charge in [-0.15, -0.1) is 34.8 Å². The zero-order valence-electron chi connectivity index (χ0n) is 24.1. The van der Waals surface area contributed by atoms with Gasteiger partial charge in [0.05, 0.1) is 5.52 Å². The van der Waals surface area contributed by atoms with E-state index in [0.29, 0.717) is 11.7 Å². The van der Waals surface area contributed by atoms with E-state index < -0.39 is 0 Å². The normalized spacial score (nSPS) is 12.2. The van der Waals surface area contributed by atoms with E-state index in [1.165, 1.54) is 10.9 Å². The van der Waals surface area contributed by atoms with Gasteiger partial charge in [-0.25, -0.2) is 4.98 Å². The molecule has 0 fully saturated rings. The second-order valence-electron chi connectivity index (χ2n) is 11.7. The number of rotatable bonds is 4. The van der Waals surface area contributed by atoms with E-state index in [1.54, 1.807) is 0 Å². The summed E-state index contributed by atoms with van der Waals surface area (Å²) in [5, 5.41) is 4.52. The number of nitrogens with zero attached hydrogens (tertiary/aromatic N) is 4. The van der Waals surface area contributed by atoms with Gasteiger partial charge in [0, 0.05) is 22.7 Å². The predicted octanol–water partition coefficient (Wildman–Crippen LogP) is 9.27. The van der Waals surface area contributed by atoms with Gasteiger partial charge in [-0.2, -0.15) is 5.52 Å². The van der Waals surface area contributed by atoms with Crippen LogP contribution in [0.1, 0.15) is 19.4 Å². The molecule has 0 spiro atoms. The first kappa shape index (κ1) is 26.9. The summed E-state index contributed by atoms with van der Waals surface area (Å²) in [6, 6.07) is 37.3. The summed E-state index contributed by atoms with van der Waals surface area (Å²) in [7, 11) is 0. The van der Waals surface area contributed by atoms with Crippen LogP contribution in [0, 0.1) is 12.0 Å². The number of pyridine rings is 2. The Kier molecular flexibility index (Phi) is 6.21. The second kappa shape index (κ2) is 10.2. The molecule has 9 rings (SSSR count). The second-order valence-corrected chi connectivity index (χ2v) is 11.7. The maximum atomic E-state index is 6.39. The number of ether oxygens (including phenoxy) is 1. The Morgan fingerprint density at radius 3 is 2.50 bits per heavy atom. The standard InChI is InChI=1S/C38H26N4O.Pt/c1-22(2)18-23-19-24(26-9-5-10-28-27-8-3-4-13-32(27)40-35(26)28)21-25(20-23)31-15-16-34-38(41-31)42-36-29(11-6-14-33(36)43-34)30-12-7-17-39-37(30)42;/h3-17,19-20,22H,18H2,1-2H3;/q-2;+2. The number of aromatic nitrogens is 4. The number of hydrogen-bond acceptors (Lipinski definition) is 3. The molecule has 0 atom stereocenters. The topological polar surface area (TPSA) is 54.0 Å². The number of benzene rings is 4. The molecule has 0 unspecified atom stereocenters. The Hall–Kier alpha value is -4.73. The largest absolute Gasteiger partial charge is 2.00 e. The molecule has 214 valence electrons. The molecule has 44 heavy (non-hydrogen) atoms. The maximum Gasteiger partial charge on any atom is 2.00 e. The van der Waals surface area contributed by atoms with E-state index >= 15 is 0 Å². The van der Waals surface area contributed by atoms with Crippen LogP contribution >= 0.6 is 0 Å². The van der Waals surface area contributed by atoms with Gasteiger partial charge in [0.2, 0.25) is 0 Å². The Morgan fingerprint density at radius 1 is 0.795 bits per heavy atom. The van der Waals surface area contributed by atoms with Crippen molar-refractivity contribution in [2.24, 2.45) is 5.92 Å². The van der Waals surface area contributed by atoms with Gasteiger partial charge in [0.1, 0.15) is 5.65 Å². The van der Waals surface area contributed by atoms with E-state index in [9.17, 15) is 0 Å². The van der Waals surface area contributed by atoms with Crippen LogP contribution in [0.5, 0.6) is 11.5 Å². The number of para-hydroxylation sites is 3. The third-order valence-electron chi connectivity index (χ3n) is 8.38. The van der Waals surface area contributed by atoms with E-state index in [2.05, 4.69) is 85.1 Å². The molecule has 0 radical (unpaired) electrons. The molecule has 0 saturated carbocycles. The molecule has 0 aliphatic carbocycles. The van der Waals surface area contributed by atoms with Crippen LogP contribution < -0.4 is 9.72 Å². The quantitative estimate of drug-likeness (QED) is 0.169. The van der Waals surface area contributed by atoms with E-state index in [4.69, 9.17) is 19.7 Å². The first-order valence-electron chi connectivity index (χ1n) is 14.7. The SMILES string of the molecule is CC(C)Cc1cc(-c2ccc3c(n2)-n2c4ncccc4c4cccc(c42)O3)[c-]c(-c2cccc3c2[n-]c2ccccc23)c1.[Pt+2]. The van der Waals surface area contributed by atoms with Crippen LogP contribution in [0.15, 0.2) is 103 Å². The van der Waals surface area contributed by atoms with Gasteiger partial charge in [0.15, 0.2) is 17.3 Å². The van der Waals surface area contributed by atoms with Crippen molar-refractivity contribution in [2.45, 2.75) is 20.3 Å². The molecule has 1 aliphatic rings. The van der Waals surface area contributed by atoms with Gasteiger partial charge < -0.3 is 9.72 Å². The molecular weight excluding hydrogens is 724 g/mol. The zero-order valence-corrected chi connectivity index (χ0v) is 26.4. The Balaban J connectivity index is 0.00000289. The summed E-state index contributed by atoms with van der Waals surface area (Å²) in [4.78, 5) is 15.0. The average Bonchev–Trinajstić information content (AvgIpc) is 3.58. The van der Waals surface area contributed by atoms with Gasteiger partial charge in [-0.1, -0.05) is 85.6 Å². The third-order valence-corrected chi connectivity index (χ3v) is 8.38. The van der Waals surface area contributed by atoms with Crippen molar-refractivity contribution < 1.29 is 25.8 Å². The third kappa shape index (κ3) is 4.03. The van der Waals surface area contributed by atoms with Crippen molar-refractivity contribution in [1.29, 1.82) is 0 Å². The summed E-state index contributed by atoms with van der Waals surface area (Å²) in [5.41, 5.74) is 9.03. The van der Waals surface area contributed by atoms with Crippen molar-refractivity contribution in [3.05, 3.63) is 115 Å². The summed E-state index contributed by atoms with van der Waals surface area (Å²) in [6.45, 7) is 4.51. The van der Waals surface area contributed by atoms with Crippen LogP contribution in [0.3, 0.4) is 0 Å². The van der Waals surface area contributed by atoms with Crippen molar-refractivity contribution in [3.63, 3.8) is 0 Å². The fraction of sp³-hybridized carbons (Fsp3) is 0.105. The molecule has 4 aromatic carbocycles. The molecule has 5 nitrogen and oxygen atoms in total. The molecule has 4 aromatic heterocycles. The Morgan fingerprint density at radius 2 is 1.59 bits per heavy atom. The Bertz CT molecular complexity index is 2400. The fourth-order valence-corrected chi connectivity index (χ4v) is 6.61. The van der Waals surface area contributed by atoms with Crippen LogP contribution in [0.25, 0.3) is 71.9 Å². The van der Waals surface area contributed by atoms with E-state index in [-0.39, 0.29) is 21.1 Å². The molecule has 6 heteroatoms. The molecular formula is C38H26N4OPt. The van der Waals surface area contributed by atoms with Gasteiger partial charge in [-0.05, 0) is 47.4 Å². The van der Waals surface area contributed by atoms with Gasteiger partial charge >= 0.3 is 21.1 Å². The van der Waals surface area contributed by atoms with E-state index in [0.717, 1.165) is 78.7 Å². The monoisotopic (exact) mass is 749 g/mol. The molecule has 1 aliphatic heterocycles. The summed E-state index contributed by atoms with van der Waals surface area (Å²) in [5.74, 6) is 2.77. The van der Waals surface area contributed by atoms with Crippen molar-refractivity contribution in [2.75, 3.05) is 0 Å². The smallest absolute Gasteiger partial charge is 0.663 e. The molecule has 0 N–H and O–H groups in total. The van der Waals surface area contributed by atoms with Crippen molar-refractivity contribution in [1.82, 2.24) is 19.5 Å². The maximum absolute atomic E-state index is 6.39. The molecule has 8 aromatic rings. The molecule has 0 bridgehead atoms. The van der Waals surface area contributed by atoms with Crippen molar-refractivity contribution in [3.8, 4) is 39.7 Å². The van der Waals surface area contributed by atoms with Crippen molar-refractivity contribution >= 4 is 43.7 Å². The first-order valence-corrected chi connectivity index (χ1v) is 14.7. The minimum Gasteiger partial charge on any atom is -0.663 e. The number of hydrogen-bond donors (Lipinski definition) is 0. The summed E-state index contributed by atoms with van der Waals surface area (Å²) in [6.07, 6.45) is 2.79. The van der Waals surface area contributed by atoms with E-state index in [1.807, 2.05) is 42.6 Å². The zero-order chi connectivity index (χ0) is 28.7. The minimum atomic E-state index is 0. The summed E-state index contributed by atoms with van der Waals surface area (Å²) < 4.78 is 8.53. The van der Waals surface area contributed by atoms with Gasteiger partial charge in [-0.3, -0.25) is 9.55 Å².